The maximum atomic E-state index is 11.6. The van der Waals surface area contributed by atoms with E-state index in [1.54, 1.807) is 0 Å². The highest BCUT2D eigenvalue weighted by atomic mass is 16.1. The summed E-state index contributed by atoms with van der Waals surface area (Å²) in [4.78, 5) is 11.6. The van der Waals surface area contributed by atoms with Crippen molar-refractivity contribution in [3.63, 3.8) is 0 Å². The molecule has 0 radical (unpaired) electrons. The lowest BCUT2D eigenvalue weighted by Gasteiger charge is -2.28. The van der Waals surface area contributed by atoms with E-state index >= 15 is 0 Å². The first-order valence-corrected chi connectivity index (χ1v) is 7.45. The van der Waals surface area contributed by atoms with E-state index in [1.807, 2.05) is 20.8 Å². The van der Waals surface area contributed by atoms with Gasteiger partial charge in [-0.15, -0.1) is 0 Å². The maximum Gasteiger partial charge on any atom is 0.221 e. The molecule has 106 valence electrons. The van der Waals surface area contributed by atoms with E-state index < -0.39 is 0 Å². The lowest BCUT2D eigenvalue weighted by Crippen LogP contribution is -2.42. The largest absolute Gasteiger partial charge is 0.351 e. The molecule has 0 saturated heterocycles. The molecule has 3 nitrogen and oxygen atoms in total. The Hall–Kier alpha value is -0.570. The summed E-state index contributed by atoms with van der Waals surface area (Å²) in [5, 5.41) is 6.52. The fourth-order valence-electron chi connectivity index (χ4n) is 2.65. The molecule has 0 heterocycles. The van der Waals surface area contributed by atoms with Gasteiger partial charge >= 0.3 is 0 Å². The average Bonchev–Trinajstić information content (AvgIpc) is 2.27. The molecule has 0 spiro atoms. The van der Waals surface area contributed by atoms with Crippen molar-refractivity contribution in [3.8, 4) is 0 Å². The van der Waals surface area contributed by atoms with Gasteiger partial charge in [0.25, 0.3) is 0 Å². The van der Waals surface area contributed by atoms with Crippen LogP contribution in [-0.2, 0) is 4.79 Å². The monoisotopic (exact) mass is 254 g/mol. The summed E-state index contributed by atoms with van der Waals surface area (Å²) in [5.74, 6) is 1.09. The van der Waals surface area contributed by atoms with Gasteiger partial charge in [0.2, 0.25) is 5.91 Å². The Kier molecular flexibility index (Phi) is 6.13. The van der Waals surface area contributed by atoms with Crippen LogP contribution < -0.4 is 10.6 Å². The number of carbonyl (C=O) groups excluding carboxylic acids is 1. The van der Waals surface area contributed by atoms with Crippen molar-refractivity contribution in [3.05, 3.63) is 0 Å². The molecule has 0 unspecified atom stereocenters. The topological polar surface area (TPSA) is 41.1 Å². The van der Waals surface area contributed by atoms with Gasteiger partial charge in [0.15, 0.2) is 0 Å². The van der Waals surface area contributed by atoms with Crippen LogP contribution in [0.5, 0.6) is 0 Å². The number of carbonyl (C=O) groups is 1. The second-order valence-electron chi connectivity index (χ2n) is 6.63. The van der Waals surface area contributed by atoms with Crippen LogP contribution in [0.3, 0.4) is 0 Å². The van der Waals surface area contributed by atoms with Crippen molar-refractivity contribution in [2.24, 2.45) is 5.92 Å². The summed E-state index contributed by atoms with van der Waals surface area (Å²) in [6.45, 7) is 9.15. The van der Waals surface area contributed by atoms with Crippen molar-refractivity contribution in [2.45, 2.75) is 77.8 Å². The van der Waals surface area contributed by atoms with E-state index in [-0.39, 0.29) is 11.4 Å². The predicted octanol–water partition coefficient (Wildman–Crippen LogP) is 2.85. The van der Waals surface area contributed by atoms with Crippen molar-refractivity contribution >= 4 is 5.91 Å². The van der Waals surface area contributed by atoms with Crippen molar-refractivity contribution in [1.29, 1.82) is 0 Å². The molecule has 1 saturated carbocycles. The molecule has 0 aromatic heterocycles. The molecule has 0 aromatic rings. The summed E-state index contributed by atoms with van der Waals surface area (Å²) in [5.41, 5.74) is -0.115. The molecule has 0 bridgehead atoms. The minimum absolute atomic E-state index is 0.115. The first-order chi connectivity index (χ1) is 8.40. The molecule has 1 fully saturated rings. The molecule has 1 rings (SSSR count). The zero-order valence-corrected chi connectivity index (χ0v) is 12.5. The van der Waals surface area contributed by atoms with E-state index in [9.17, 15) is 4.79 Å². The lowest BCUT2D eigenvalue weighted by molar-refractivity contribution is -0.122. The van der Waals surface area contributed by atoms with Crippen LogP contribution in [-0.4, -0.2) is 24.0 Å². The van der Waals surface area contributed by atoms with Gasteiger partial charge in [-0.2, -0.15) is 0 Å². The van der Waals surface area contributed by atoms with E-state index in [1.165, 1.54) is 32.1 Å². The molecule has 0 aromatic carbocycles. The molecule has 1 amide bonds. The van der Waals surface area contributed by atoms with Gasteiger partial charge in [0.1, 0.15) is 0 Å². The Bertz CT molecular complexity index is 250. The van der Waals surface area contributed by atoms with Crippen LogP contribution in [0.25, 0.3) is 0 Å². The predicted molar refractivity (Wildman–Crippen MR) is 76.6 cm³/mol. The first kappa shape index (κ1) is 15.5. The van der Waals surface area contributed by atoms with Gasteiger partial charge in [-0.05, 0) is 52.4 Å². The highest BCUT2D eigenvalue weighted by molar-refractivity contribution is 5.76. The highest BCUT2D eigenvalue weighted by Gasteiger charge is 2.19. The smallest absolute Gasteiger partial charge is 0.221 e. The minimum atomic E-state index is -0.115. The third-order valence-corrected chi connectivity index (χ3v) is 3.72. The van der Waals surface area contributed by atoms with E-state index in [4.69, 9.17) is 0 Å². The van der Waals surface area contributed by atoms with Crippen LogP contribution in [0.1, 0.15) is 66.2 Å². The number of hydrogen-bond donors (Lipinski definition) is 2. The summed E-state index contributed by atoms with van der Waals surface area (Å²) < 4.78 is 0. The highest BCUT2D eigenvalue weighted by Crippen LogP contribution is 2.26. The fraction of sp³-hybridized carbons (Fsp3) is 0.933. The first-order valence-electron chi connectivity index (χ1n) is 7.45. The Morgan fingerprint density at radius 1 is 1.17 bits per heavy atom. The molecule has 1 aliphatic rings. The minimum Gasteiger partial charge on any atom is -0.351 e. The number of amides is 1. The summed E-state index contributed by atoms with van der Waals surface area (Å²) in [6, 6.07) is 0.634. The van der Waals surface area contributed by atoms with Gasteiger partial charge in [-0.1, -0.05) is 13.3 Å². The second-order valence-corrected chi connectivity index (χ2v) is 6.63. The molecule has 0 aliphatic heterocycles. The van der Waals surface area contributed by atoms with E-state index in [0.717, 1.165) is 12.5 Å². The summed E-state index contributed by atoms with van der Waals surface area (Å²) in [7, 11) is 0. The SMILES string of the molecule is CCC1CCC(NCCC(=O)NC(C)(C)C)CC1. The zero-order chi connectivity index (χ0) is 13.6. The normalized spacial score (nSPS) is 24.9. The number of rotatable bonds is 5. The Morgan fingerprint density at radius 3 is 2.28 bits per heavy atom. The summed E-state index contributed by atoms with van der Waals surface area (Å²) >= 11 is 0. The fourth-order valence-corrected chi connectivity index (χ4v) is 2.65. The van der Waals surface area contributed by atoms with Crippen molar-refractivity contribution in [1.82, 2.24) is 10.6 Å². The third kappa shape index (κ3) is 6.39. The van der Waals surface area contributed by atoms with Crippen LogP contribution in [0.15, 0.2) is 0 Å². The maximum absolute atomic E-state index is 11.6. The van der Waals surface area contributed by atoms with Gasteiger partial charge in [-0.25, -0.2) is 0 Å². The molecular weight excluding hydrogens is 224 g/mol. The Morgan fingerprint density at radius 2 is 1.78 bits per heavy atom. The van der Waals surface area contributed by atoms with Gasteiger partial charge in [0.05, 0.1) is 0 Å². The molecular formula is C15H30N2O. The quantitative estimate of drug-likeness (QED) is 0.792. The third-order valence-electron chi connectivity index (χ3n) is 3.72. The van der Waals surface area contributed by atoms with Gasteiger partial charge in [-0.3, -0.25) is 4.79 Å². The van der Waals surface area contributed by atoms with Crippen LogP contribution in [0.4, 0.5) is 0 Å². The van der Waals surface area contributed by atoms with E-state index in [0.29, 0.717) is 12.5 Å². The lowest BCUT2D eigenvalue weighted by atomic mass is 9.84. The Labute approximate surface area is 112 Å². The molecule has 18 heavy (non-hydrogen) atoms. The molecule has 2 N–H and O–H groups in total. The second kappa shape index (κ2) is 7.13. The number of nitrogens with one attached hydrogen (secondary N) is 2. The van der Waals surface area contributed by atoms with Gasteiger partial charge < -0.3 is 10.6 Å². The zero-order valence-electron chi connectivity index (χ0n) is 12.5. The number of hydrogen-bond acceptors (Lipinski definition) is 2. The standard InChI is InChI=1S/C15H30N2O/c1-5-12-6-8-13(9-7-12)16-11-10-14(18)17-15(2,3)4/h12-13,16H,5-11H2,1-4H3,(H,17,18). The molecule has 0 atom stereocenters. The van der Waals surface area contributed by atoms with E-state index in [2.05, 4.69) is 17.6 Å². The van der Waals surface area contributed by atoms with Crippen molar-refractivity contribution < 1.29 is 4.79 Å². The average molecular weight is 254 g/mol. The molecule has 3 heteroatoms. The Balaban J connectivity index is 2.10. The van der Waals surface area contributed by atoms with Gasteiger partial charge in [0, 0.05) is 24.5 Å². The summed E-state index contributed by atoms with van der Waals surface area (Å²) in [6.07, 6.45) is 7.16. The van der Waals surface area contributed by atoms with Crippen LogP contribution >= 0.6 is 0 Å². The molecule has 1 aliphatic carbocycles. The van der Waals surface area contributed by atoms with Crippen LogP contribution in [0.2, 0.25) is 0 Å². The van der Waals surface area contributed by atoms with Crippen molar-refractivity contribution in [2.75, 3.05) is 6.54 Å². The van der Waals surface area contributed by atoms with Crippen LogP contribution in [0, 0.1) is 5.92 Å².